The molecule has 3 nitrogen and oxygen atoms in total. The molecule has 0 aliphatic rings. The second kappa shape index (κ2) is 5.71. The van der Waals surface area contributed by atoms with Gasteiger partial charge in [0.25, 0.3) is 0 Å². The molecule has 0 radical (unpaired) electrons. The first-order valence-electron chi connectivity index (χ1n) is 5.83. The number of nitrogens with one attached hydrogen (secondary N) is 1. The Balaban J connectivity index is 2.26. The molecule has 2 rings (SSSR count). The monoisotopic (exact) mass is 245 g/mol. The molecule has 1 unspecified atom stereocenters. The van der Waals surface area contributed by atoms with Crippen LogP contribution in [0, 0.1) is 12.7 Å². The number of rotatable bonds is 4. The van der Waals surface area contributed by atoms with Crippen molar-refractivity contribution in [2.45, 2.75) is 19.4 Å². The molecular weight excluding hydrogens is 229 g/mol. The van der Waals surface area contributed by atoms with Crippen molar-refractivity contribution >= 4 is 0 Å². The number of nitrogens with two attached hydrogens (primary N) is 1. The van der Waals surface area contributed by atoms with E-state index in [1.165, 1.54) is 6.07 Å². The molecule has 1 aromatic carbocycles. The number of aromatic nitrogens is 1. The maximum Gasteiger partial charge on any atom is 0.128 e. The summed E-state index contributed by atoms with van der Waals surface area (Å²) in [4.78, 5) is 4.23. The number of aryl methyl sites for hydroxylation is 1. The van der Waals surface area contributed by atoms with Crippen LogP contribution >= 0.6 is 0 Å². The number of hydrogen-bond donors (Lipinski definition) is 2. The van der Waals surface area contributed by atoms with Gasteiger partial charge in [0.1, 0.15) is 5.82 Å². The van der Waals surface area contributed by atoms with Gasteiger partial charge in [0.2, 0.25) is 0 Å². The van der Waals surface area contributed by atoms with Crippen LogP contribution in [0.3, 0.4) is 0 Å². The molecule has 0 saturated heterocycles. The van der Waals surface area contributed by atoms with Gasteiger partial charge in [0, 0.05) is 23.9 Å². The standard InChI is InChI=1S/C14H16FN3/c1-10-5-6-13(15)12(8-10)14(18-16)9-11-4-2-3-7-17-11/h2-8,14,18H,9,16H2,1H3. The number of nitrogens with zero attached hydrogens (tertiary/aromatic N) is 1. The van der Waals surface area contributed by atoms with E-state index in [1.54, 1.807) is 12.3 Å². The van der Waals surface area contributed by atoms with Crippen molar-refractivity contribution in [1.29, 1.82) is 0 Å². The highest BCUT2D eigenvalue weighted by Gasteiger charge is 2.15. The molecule has 0 aliphatic carbocycles. The van der Waals surface area contributed by atoms with E-state index in [9.17, 15) is 4.39 Å². The number of pyridine rings is 1. The Morgan fingerprint density at radius 3 is 2.83 bits per heavy atom. The molecule has 0 spiro atoms. The lowest BCUT2D eigenvalue weighted by atomic mass is 10.00. The molecule has 4 heteroatoms. The second-order valence-electron chi connectivity index (χ2n) is 4.27. The Morgan fingerprint density at radius 2 is 2.17 bits per heavy atom. The van der Waals surface area contributed by atoms with E-state index in [4.69, 9.17) is 5.84 Å². The van der Waals surface area contributed by atoms with E-state index in [1.807, 2.05) is 31.2 Å². The average Bonchev–Trinajstić information content (AvgIpc) is 2.40. The van der Waals surface area contributed by atoms with E-state index < -0.39 is 0 Å². The Kier molecular flexibility index (Phi) is 4.02. The van der Waals surface area contributed by atoms with Crippen molar-refractivity contribution in [2.75, 3.05) is 0 Å². The highest BCUT2D eigenvalue weighted by atomic mass is 19.1. The predicted molar refractivity (Wildman–Crippen MR) is 69.1 cm³/mol. The van der Waals surface area contributed by atoms with Crippen LogP contribution in [0.4, 0.5) is 4.39 Å². The van der Waals surface area contributed by atoms with E-state index in [0.717, 1.165) is 11.3 Å². The van der Waals surface area contributed by atoms with Crippen LogP contribution in [-0.2, 0) is 6.42 Å². The van der Waals surface area contributed by atoms with Gasteiger partial charge in [-0.05, 0) is 25.1 Å². The van der Waals surface area contributed by atoms with Crippen molar-refractivity contribution < 1.29 is 4.39 Å². The van der Waals surface area contributed by atoms with Gasteiger partial charge in [0.15, 0.2) is 0 Å². The van der Waals surface area contributed by atoms with Crippen LogP contribution < -0.4 is 11.3 Å². The third-order valence-corrected chi connectivity index (χ3v) is 2.87. The lowest BCUT2D eigenvalue weighted by Crippen LogP contribution is -2.30. The van der Waals surface area contributed by atoms with Crippen LogP contribution in [0.5, 0.6) is 0 Å². The summed E-state index contributed by atoms with van der Waals surface area (Å²) in [5.41, 5.74) is 5.11. The van der Waals surface area contributed by atoms with E-state index in [0.29, 0.717) is 12.0 Å². The molecule has 0 fully saturated rings. The molecule has 2 aromatic rings. The van der Waals surface area contributed by atoms with Gasteiger partial charge in [-0.1, -0.05) is 23.8 Å². The second-order valence-corrected chi connectivity index (χ2v) is 4.27. The molecule has 0 bridgehead atoms. The minimum Gasteiger partial charge on any atom is -0.271 e. The molecule has 1 aromatic heterocycles. The highest BCUT2D eigenvalue weighted by Crippen LogP contribution is 2.21. The van der Waals surface area contributed by atoms with Gasteiger partial charge in [-0.25, -0.2) is 4.39 Å². The third kappa shape index (κ3) is 2.91. The van der Waals surface area contributed by atoms with Crippen molar-refractivity contribution in [2.24, 2.45) is 5.84 Å². The van der Waals surface area contributed by atoms with E-state index in [-0.39, 0.29) is 11.9 Å². The van der Waals surface area contributed by atoms with Crippen LogP contribution in [0.2, 0.25) is 0 Å². The zero-order valence-electron chi connectivity index (χ0n) is 10.2. The van der Waals surface area contributed by atoms with Crippen molar-refractivity contribution in [3.63, 3.8) is 0 Å². The van der Waals surface area contributed by atoms with E-state index >= 15 is 0 Å². The minimum atomic E-state index is -0.278. The van der Waals surface area contributed by atoms with Gasteiger partial charge >= 0.3 is 0 Å². The Morgan fingerprint density at radius 1 is 1.33 bits per heavy atom. The number of hydrogen-bond acceptors (Lipinski definition) is 3. The molecule has 18 heavy (non-hydrogen) atoms. The minimum absolute atomic E-state index is 0.250. The van der Waals surface area contributed by atoms with Crippen LogP contribution in [0.1, 0.15) is 22.9 Å². The number of benzene rings is 1. The molecule has 1 heterocycles. The molecule has 0 saturated carbocycles. The Hall–Kier alpha value is -1.78. The van der Waals surface area contributed by atoms with Crippen LogP contribution in [0.15, 0.2) is 42.6 Å². The number of halogens is 1. The summed E-state index contributed by atoms with van der Waals surface area (Å²) in [5, 5.41) is 0. The quantitative estimate of drug-likeness (QED) is 0.642. The van der Waals surface area contributed by atoms with E-state index in [2.05, 4.69) is 10.4 Å². The average molecular weight is 245 g/mol. The first-order valence-corrected chi connectivity index (χ1v) is 5.83. The normalized spacial score (nSPS) is 12.4. The lowest BCUT2D eigenvalue weighted by molar-refractivity contribution is 0.506. The van der Waals surface area contributed by atoms with Gasteiger partial charge in [-0.3, -0.25) is 16.3 Å². The molecule has 0 aliphatic heterocycles. The summed E-state index contributed by atoms with van der Waals surface area (Å²) < 4.78 is 13.8. The zero-order valence-corrected chi connectivity index (χ0v) is 10.2. The summed E-state index contributed by atoms with van der Waals surface area (Å²) in [7, 11) is 0. The van der Waals surface area contributed by atoms with Gasteiger partial charge < -0.3 is 0 Å². The first kappa shape index (κ1) is 12.7. The fraction of sp³-hybridized carbons (Fsp3) is 0.214. The van der Waals surface area contributed by atoms with Gasteiger partial charge in [-0.15, -0.1) is 0 Å². The molecule has 1 atom stereocenters. The van der Waals surface area contributed by atoms with Crippen molar-refractivity contribution in [3.05, 3.63) is 65.2 Å². The van der Waals surface area contributed by atoms with Crippen LogP contribution in [0.25, 0.3) is 0 Å². The number of hydrazine groups is 1. The van der Waals surface area contributed by atoms with Crippen molar-refractivity contribution in [1.82, 2.24) is 10.4 Å². The maximum atomic E-state index is 13.8. The predicted octanol–water partition coefficient (Wildman–Crippen LogP) is 2.28. The molecule has 94 valence electrons. The van der Waals surface area contributed by atoms with Gasteiger partial charge in [-0.2, -0.15) is 0 Å². The lowest BCUT2D eigenvalue weighted by Gasteiger charge is -2.17. The molecule has 0 amide bonds. The maximum absolute atomic E-state index is 13.8. The zero-order chi connectivity index (χ0) is 13.0. The first-order chi connectivity index (χ1) is 8.70. The summed E-state index contributed by atoms with van der Waals surface area (Å²) in [6, 6.07) is 10.4. The highest BCUT2D eigenvalue weighted by molar-refractivity contribution is 5.28. The molecular formula is C14H16FN3. The topological polar surface area (TPSA) is 50.9 Å². The Labute approximate surface area is 106 Å². The van der Waals surface area contributed by atoms with Gasteiger partial charge in [0.05, 0.1) is 6.04 Å². The third-order valence-electron chi connectivity index (χ3n) is 2.87. The SMILES string of the molecule is Cc1ccc(F)c(C(Cc2ccccn2)NN)c1. The molecule has 3 N–H and O–H groups in total. The fourth-order valence-corrected chi connectivity index (χ4v) is 1.92. The van der Waals surface area contributed by atoms with Crippen LogP contribution in [-0.4, -0.2) is 4.98 Å². The summed E-state index contributed by atoms with van der Waals surface area (Å²) >= 11 is 0. The largest absolute Gasteiger partial charge is 0.271 e. The summed E-state index contributed by atoms with van der Waals surface area (Å²) in [6.07, 6.45) is 2.27. The Bertz CT molecular complexity index is 514. The summed E-state index contributed by atoms with van der Waals surface area (Å²) in [6.45, 7) is 1.93. The fourth-order valence-electron chi connectivity index (χ4n) is 1.92. The van der Waals surface area contributed by atoms with Crippen molar-refractivity contribution in [3.8, 4) is 0 Å². The smallest absolute Gasteiger partial charge is 0.128 e. The summed E-state index contributed by atoms with van der Waals surface area (Å²) in [5.74, 6) is 5.28.